The highest BCUT2D eigenvalue weighted by molar-refractivity contribution is 7.22. The summed E-state index contributed by atoms with van der Waals surface area (Å²) in [6.45, 7) is 4.29. The molecule has 2 aromatic heterocycles. The van der Waals surface area contributed by atoms with Crippen LogP contribution in [0.2, 0.25) is 0 Å². The van der Waals surface area contributed by atoms with Crippen LogP contribution in [0.25, 0.3) is 10.2 Å². The van der Waals surface area contributed by atoms with Crippen molar-refractivity contribution in [2.24, 2.45) is 0 Å². The average molecular weight is 436 g/mol. The fourth-order valence-corrected chi connectivity index (χ4v) is 4.93. The number of aryl methyl sites for hydroxylation is 2. The molecule has 0 saturated heterocycles. The average Bonchev–Trinajstić information content (AvgIpc) is 3.37. The summed E-state index contributed by atoms with van der Waals surface area (Å²) in [6.07, 6.45) is 0.181. The van der Waals surface area contributed by atoms with Crippen molar-refractivity contribution in [3.63, 3.8) is 0 Å². The van der Waals surface area contributed by atoms with E-state index in [4.69, 9.17) is 4.98 Å². The summed E-state index contributed by atoms with van der Waals surface area (Å²) in [6, 6.07) is 17.5. The third-order valence-corrected chi connectivity index (χ3v) is 6.45. The molecule has 2 heterocycles. The van der Waals surface area contributed by atoms with Gasteiger partial charge in [-0.15, -0.1) is 11.3 Å². The lowest BCUT2D eigenvalue weighted by molar-refractivity contribution is -0.117. The minimum atomic E-state index is -0.157. The van der Waals surface area contributed by atoms with Crippen molar-refractivity contribution in [1.82, 2.24) is 10.3 Å². The molecule has 2 aromatic carbocycles. The molecule has 152 valence electrons. The summed E-state index contributed by atoms with van der Waals surface area (Å²) in [5, 5.41) is 5.32. The van der Waals surface area contributed by atoms with E-state index in [1.807, 2.05) is 61.7 Å². The highest BCUT2D eigenvalue weighted by Gasteiger charge is 2.22. The molecule has 0 aliphatic rings. The van der Waals surface area contributed by atoms with Crippen molar-refractivity contribution in [2.75, 3.05) is 11.4 Å². The Morgan fingerprint density at radius 1 is 1.03 bits per heavy atom. The lowest BCUT2D eigenvalue weighted by Crippen LogP contribution is -2.31. The minimum absolute atomic E-state index is 0.106. The normalized spacial score (nSPS) is 10.9. The Morgan fingerprint density at radius 3 is 2.50 bits per heavy atom. The van der Waals surface area contributed by atoms with Gasteiger partial charge in [0.25, 0.3) is 5.91 Å². The van der Waals surface area contributed by atoms with Crippen molar-refractivity contribution in [3.8, 4) is 0 Å². The number of amides is 2. The first-order valence-electron chi connectivity index (χ1n) is 9.60. The van der Waals surface area contributed by atoms with E-state index in [2.05, 4.69) is 11.4 Å². The van der Waals surface area contributed by atoms with Crippen LogP contribution in [0.4, 0.5) is 10.8 Å². The molecule has 0 aliphatic heterocycles. The van der Waals surface area contributed by atoms with E-state index in [9.17, 15) is 9.59 Å². The molecule has 4 aromatic rings. The number of hydrogen-bond donors (Lipinski definition) is 1. The molecule has 0 spiro atoms. The molecular formula is C23H21N3O2S2. The van der Waals surface area contributed by atoms with Gasteiger partial charge < -0.3 is 5.32 Å². The minimum Gasteiger partial charge on any atom is -0.351 e. The number of thiazole rings is 1. The van der Waals surface area contributed by atoms with E-state index < -0.39 is 0 Å². The lowest BCUT2D eigenvalue weighted by atomic mass is 10.1. The number of hydrogen-bond acceptors (Lipinski definition) is 5. The highest BCUT2D eigenvalue weighted by atomic mass is 32.1. The summed E-state index contributed by atoms with van der Waals surface area (Å²) in [5.41, 5.74) is 3.82. The van der Waals surface area contributed by atoms with Crippen LogP contribution in [0, 0.1) is 13.8 Å². The van der Waals surface area contributed by atoms with Gasteiger partial charge in [0.1, 0.15) is 0 Å². The largest absolute Gasteiger partial charge is 0.351 e. The highest BCUT2D eigenvalue weighted by Crippen LogP contribution is 2.34. The SMILES string of the molecule is Cc1cc(C)cc(N(C(=O)CCNC(=O)c2cccs2)c2nc3ccccc3s2)c1. The Bertz CT molecular complexity index is 1150. The molecule has 5 nitrogen and oxygen atoms in total. The van der Waals surface area contributed by atoms with Gasteiger partial charge in [0.05, 0.1) is 20.8 Å². The number of fused-ring (bicyclic) bond motifs is 1. The molecule has 0 unspecified atom stereocenters. The van der Waals surface area contributed by atoms with Gasteiger partial charge in [-0.3, -0.25) is 14.5 Å². The molecule has 7 heteroatoms. The fraction of sp³-hybridized carbons (Fsp3) is 0.174. The molecule has 0 saturated carbocycles. The van der Waals surface area contributed by atoms with Crippen LogP contribution in [-0.4, -0.2) is 23.3 Å². The van der Waals surface area contributed by atoms with E-state index in [-0.39, 0.29) is 24.8 Å². The molecule has 1 N–H and O–H groups in total. The van der Waals surface area contributed by atoms with E-state index in [0.29, 0.717) is 10.0 Å². The number of rotatable bonds is 6. The Labute approximate surface area is 183 Å². The first kappa shape index (κ1) is 20.3. The number of nitrogens with one attached hydrogen (secondary N) is 1. The second-order valence-corrected chi connectivity index (χ2v) is 8.98. The van der Waals surface area contributed by atoms with Gasteiger partial charge in [0.15, 0.2) is 5.13 Å². The summed E-state index contributed by atoms with van der Waals surface area (Å²) in [7, 11) is 0. The number of carbonyl (C=O) groups is 2. The molecule has 0 atom stereocenters. The Kier molecular flexibility index (Phi) is 5.92. The number of aromatic nitrogens is 1. The molecule has 30 heavy (non-hydrogen) atoms. The van der Waals surface area contributed by atoms with Gasteiger partial charge in [0.2, 0.25) is 5.91 Å². The number of thiophene rings is 1. The Hall–Kier alpha value is -3.03. The number of nitrogens with zero attached hydrogens (tertiary/aromatic N) is 2. The third-order valence-electron chi connectivity index (χ3n) is 4.56. The zero-order valence-electron chi connectivity index (χ0n) is 16.7. The quantitative estimate of drug-likeness (QED) is 0.437. The van der Waals surface area contributed by atoms with Crippen LogP contribution in [0.1, 0.15) is 27.2 Å². The van der Waals surface area contributed by atoms with Gasteiger partial charge in [-0.2, -0.15) is 0 Å². The van der Waals surface area contributed by atoms with E-state index in [1.165, 1.54) is 22.7 Å². The van der Waals surface area contributed by atoms with Crippen molar-refractivity contribution in [2.45, 2.75) is 20.3 Å². The van der Waals surface area contributed by atoms with Crippen molar-refractivity contribution in [1.29, 1.82) is 0 Å². The number of carbonyl (C=O) groups excluding carboxylic acids is 2. The van der Waals surface area contributed by atoms with E-state index >= 15 is 0 Å². The van der Waals surface area contributed by atoms with Crippen LogP contribution in [-0.2, 0) is 4.79 Å². The van der Waals surface area contributed by atoms with Crippen LogP contribution < -0.4 is 10.2 Å². The first-order valence-corrected chi connectivity index (χ1v) is 11.3. The molecule has 0 fully saturated rings. The zero-order valence-corrected chi connectivity index (χ0v) is 18.3. The van der Waals surface area contributed by atoms with E-state index in [1.54, 1.807) is 11.0 Å². The first-order chi connectivity index (χ1) is 14.5. The maximum atomic E-state index is 13.3. The fourth-order valence-electron chi connectivity index (χ4n) is 3.29. The number of para-hydroxylation sites is 1. The third kappa shape index (κ3) is 4.42. The Balaban J connectivity index is 1.59. The second kappa shape index (κ2) is 8.77. The van der Waals surface area contributed by atoms with Crippen LogP contribution in [0.5, 0.6) is 0 Å². The van der Waals surface area contributed by atoms with Gasteiger partial charge in [-0.25, -0.2) is 4.98 Å². The van der Waals surface area contributed by atoms with Crippen LogP contribution in [0.3, 0.4) is 0 Å². The van der Waals surface area contributed by atoms with Crippen molar-refractivity contribution in [3.05, 3.63) is 76.0 Å². The predicted octanol–water partition coefficient (Wildman–Crippen LogP) is 5.46. The smallest absolute Gasteiger partial charge is 0.261 e. The molecule has 0 radical (unpaired) electrons. The Morgan fingerprint density at radius 2 is 1.80 bits per heavy atom. The number of benzene rings is 2. The maximum absolute atomic E-state index is 13.3. The maximum Gasteiger partial charge on any atom is 0.261 e. The summed E-state index contributed by atoms with van der Waals surface area (Å²) in [4.78, 5) is 32.4. The van der Waals surface area contributed by atoms with Crippen molar-refractivity contribution < 1.29 is 9.59 Å². The summed E-state index contributed by atoms with van der Waals surface area (Å²) < 4.78 is 1.03. The van der Waals surface area contributed by atoms with Crippen molar-refractivity contribution >= 4 is 55.5 Å². The zero-order chi connectivity index (χ0) is 21.1. The van der Waals surface area contributed by atoms with E-state index in [0.717, 1.165) is 27.0 Å². The monoisotopic (exact) mass is 435 g/mol. The summed E-state index contributed by atoms with van der Waals surface area (Å²) >= 11 is 2.87. The standard InChI is InChI=1S/C23H21N3O2S2/c1-15-12-16(2)14-17(13-15)26(23-25-18-6-3-4-7-19(18)30-23)21(27)9-10-24-22(28)20-8-5-11-29-20/h3-8,11-14H,9-10H2,1-2H3,(H,24,28). The topological polar surface area (TPSA) is 62.3 Å². The van der Waals surface area contributed by atoms with Gasteiger partial charge in [-0.05, 0) is 60.7 Å². The van der Waals surface area contributed by atoms with Crippen LogP contribution >= 0.6 is 22.7 Å². The number of anilines is 2. The molecule has 4 rings (SSSR count). The predicted molar refractivity (Wildman–Crippen MR) is 124 cm³/mol. The summed E-state index contributed by atoms with van der Waals surface area (Å²) in [5.74, 6) is -0.263. The van der Waals surface area contributed by atoms with Gasteiger partial charge in [-0.1, -0.05) is 35.6 Å². The molecule has 0 bridgehead atoms. The second-order valence-electron chi connectivity index (χ2n) is 7.02. The van der Waals surface area contributed by atoms with Gasteiger partial charge >= 0.3 is 0 Å². The lowest BCUT2D eigenvalue weighted by Gasteiger charge is -2.21. The van der Waals surface area contributed by atoms with Gasteiger partial charge in [0, 0.05) is 13.0 Å². The molecule has 0 aliphatic carbocycles. The van der Waals surface area contributed by atoms with Crippen LogP contribution in [0.15, 0.2) is 60.0 Å². The molecular weight excluding hydrogens is 414 g/mol. The molecule has 2 amide bonds.